The third-order valence-corrected chi connectivity index (χ3v) is 10.4. The van der Waals surface area contributed by atoms with E-state index in [4.69, 9.17) is 0 Å². The van der Waals surface area contributed by atoms with Gasteiger partial charge in [-0.2, -0.15) is 0 Å². The molecular weight excluding hydrogens is 682 g/mol. The minimum absolute atomic E-state index is 0.0798. The lowest BCUT2D eigenvalue weighted by molar-refractivity contribution is -0.131. The molecule has 0 radical (unpaired) electrons. The molecule has 2 saturated heterocycles. The molecule has 0 spiro atoms. The highest BCUT2D eigenvalue weighted by Gasteiger charge is 2.48. The molecule has 148 valence electrons. The highest BCUT2D eigenvalue weighted by atomic mass is 127. The van der Waals surface area contributed by atoms with Crippen LogP contribution in [0.2, 0.25) is 0 Å². The molecule has 0 aliphatic carbocycles. The molecule has 0 N–H and O–H groups in total. The molecule has 0 amide bonds. The van der Waals surface area contributed by atoms with Gasteiger partial charge in [0, 0.05) is 77.9 Å². The highest BCUT2D eigenvalue weighted by Crippen LogP contribution is 2.50. The van der Waals surface area contributed by atoms with Crippen LogP contribution in [-0.2, 0) is 4.79 Å². The number of hydrogen-bond donors (Lipinski definition) is 0. The fourth-order valence-electron chi connectivity index (χ4n) is 4.32. The first-order valence-electron chi connectivity index (χ1n) is 9.08. The van der Waals surface area contributed by atoms with Crippen LogP contribution in [0.1, 0.15) is 36.1 Å². The topological polar surface area (TPSA) is 23.6 Å². The molecule has 4 rings (SSSR count). The van der Waals surface area contributed by atoms with E-state index in [1.807, 2.05) is 0 Å². The van der Waals surface area contributed by atoms with Crippen molar-refractivity contribution in [3.8, 4) is 0 Å². The molecule has 2 aromatic rings. The van der Waals surface area contributed by atoms with Gasteiger partial charge in [-0.05, 0) is 47.9 Å². The van der Waals surface area contributed by atoms with Gasteiger partial charge in [0.05, 0.1) is 6.04 Å². The second kappa shape index (κ2) is 9.86. The van der Waals surface area contributed by atoms with Crippen molar-refractivity contribution < 1.29 is 4.79 Å². The van der Waals surface area contributed by atoms with Crippen molar-refractivity contribution in [2.45, 2.75) is 31.0 Å². The number of rotatable bonds is 4. The third-order valence-electron chi connectivity index (χ3n) is 5.70. The van der Waals surface area contributed by atoms with E-state index in [0.717, 1.165) is 17.4 Å². The molecule has 2 aliphatic rings. The van der Waals surface area contributed by atoms with Crippen LogP contribution >= 0.6 is 76.6 Å². The number of carbonyl (C=O) groups is 1. The molecule has 28 heavy (non-hydrogen) atoms. The number of fused-ring (bicyclic) bond motifs is 1. The van der Waals surface area contributed by atoms with Gasteiger partial charge in [-0.1, -0.05) is 58.4 Å². The van der Waals surface area contributed by atoms with Crippen LogP contribution in [0.3, 0.4) is 0 Å². The molecule has 2 aromatic carbocycles. The zero-order chi connectivity index (χ0) is 19.7. The van der Waals surface area contributed by atoms with Gasteiger partial charge in [0.15, 0.2) is 0 Å². The van der Waals surface area contributed by atoms with Crippen LogP contribution in [0.5, 0.6) is 0 Å². The smallest absolute Gasteiger partial charge is 0.140 e. The standard InChI is InChI=1S/C20H19BrI2N2OS2/c21-15-8-6-14(7-9-15)18-11-20(26)16-12-24(27-22)17(10-19(16)25(18)28-23)13-4-2-1-3-5-13/h1-9,16-19H,10-12H2/t16-,17+,18+,19+/m1/s1. The molecule has 2 aliphatic heterocycles. The molecule has 0 unspecified atom stereocenters. The maximum Gasteiger partial charge on any atom is 0.140 e. The van der Waals surface area contributed by atoms with Crippen LogP contribution in [0.4, 0.5) is 0 Å². The predicted molar refractivity (Wildman–Crippen MR) is 139 cm³/mol. The summed E-state index contributed by atoms with van der Waals surface area (Å²) in [6.45, 7) is 0.817. The lowest BCUT2D eigenvalue weighted by Gasteiger charge is -2.50. The first-order chi connectivity index (χ1) is 13.6. The Kier molecular flexibility index (Phi) is 7.71. The Morgan fingerprint density at radius 3 is 2.25 bits per heavy atom. The second-order valence-corrected chi connectivity index (χ2v) is 11.6. The van der Waals surface area contributed by atoms with E-state index in [1.54, 1.807) is 18.2 Å². The summed E-state index contributed by atoms with van der Waals surface area (Å²) in [4.78, 5) is 13.2. The largest absolute Gasteiger partial charge is 0.299 e. The van der Waals surface area contributed by atoms with E-state index in [0.29, 0.717) is 18.2 Å². The van der Waals surface area contributed by atoms with Gasteiger partial charge in [0.2, 0.25) is 0 Å². The first kappa shape index (κ1) is 21.9. The number of carbonyl (C=O) groups excluding carboxylic acids is 1. The summed E-state index contributed by atoms with van der Waals surface area (Å²) in [6.07, 6.45) is 1.56. The van der Waals surface area contributed by atoms with Crippen molar-refractivity contribution in [2.24, 2.45) is 5.92 Å². The molecule has 4 atom stereocenters. The lowest BCUT2D eigenvalue weighted by atomic mass is 9.77. The zero-order valence-corrected chi connectivity index (χ0v) is 22.4. The van der Waals surface area contributed by atoms with Crippen LogP contribution in [0.25, 0.3) is 0 Å². The van der Waals surface area contributed by atoms with E-state index in [1.165, 1.54) is 11.1 Å². The number of Topliss-reactive ketones (excluding diaryl/α,β-unsaturated/α-hetero) is 1. The number of ketones is 1. The summed E-state index contributed by atoms with van der Waals surface area (Å²) >= 11 is 8.27. The van der Waals surface area contributed by atoms with Gasteiger partial charge in [-0.25, -0.2) is 8.61 Å². The number of benzene rings is 2. The first-order valence-corrected chi connectivity index (χ1v) is 16.5. The fraction of sp³-hybridized carbons (Fsp3) is 0.350. The molecule has 2 fully saturated rings. The Balaban J connectivity index is 1.66. The Hall–Kier alpha value is 0.670. The molecule has 0 bridgehead atoms. The highest BCUT2D eigenvalue weighted by molar-refractivity contribution is 14.2. The van der Waals surface area contributed by atoms with Crippen LogP contribution in [0.15, 0.2) is 59.1 Å². The lowest BCUT2D eigenvalue weighted by Crippen LogP contribution is -2.55. The maximum atomic E-state index is 13.2. The van der Waals surface area contributed by atoms with Gasteiger partial charge in [-0.3, -0.25) is 4.79 Å². The summed E-state index contributed by atoms with van der Waals surface area (Å²) in [5, 5.41) is 0. The number of nitrogens with zero attached hydrogens (tertiary/aromatic N) is 2. The Morgan fingerprint density at radius 2 is 1.61 bits per heavy atom. The van der Waals surface area contributed by atoms with Crippen LogP contribution < -0.4 is 0 Å². The maximum absolute atomic E-state index is 13.2. The van der Waals surface area contributed by atoms with Gasteiger partial charge in [0.25, 0.3) is 0 Å². The predicted octanol–water partition coefficient (Wildman–Crippen LogP) is 7.19. The SMILES string of the molecule is O=C1C[C@@H](c2ccc(Br)cc2)N(SI)[C@H]2C[C@@H](c3ccccc3)N(SI)C[C@@H]12. The molecule has 8 heteroatoms. The Bertz CT molecular complexity index is 827. The molecule has 2 heterocycles. The van der Waals surface area contributed by atoms with Crippen molar-refractivity contribution in [1.29, 1.82) is 0 Å². The van der Waals surface area contributed by atoms with Crippen molar-refractivity contribution in [3.05, 3.63) is 70.2 Å². The Labute approximate surface area is 207 Å². The van der Waals surface area contributed by atoms with E-state index in [9.17, 15) is 4.79 Å². The summed E-state index contributed by atoms with van der Waals surface area (Å²) < 4.78 is 5.95. The van der Waals surface area contributed by atoms with Gasteiger partial charge >= 0.3 is 0 Å². The normalized spacial score (nSPS) is 28.9. The van der Waals surface area contributed by atoms with Crippen LogP contribution in [0, 0.1) is 5.92 Å². The van der Waals surface area contributed by atoms with Crippen molar-refractivity contribution >= 4 is 82.4 Å². The minimum Gasteiger partial charge on any atom is -0.299 e. The van der Waals surface area contributed by atoms with Crippen LogP contribution in [-0.4, -0.2) is 27.0 Å². The monoisotopic (exact) mass is 700 g/mol. The average molecular weight is 701 g/mol. The summed E-state index contributed by atoms with van der Waals surface area (Å²) in [6, 6.07) is 19.9. The van der Waals surface area contributed by atoms with Crippen molar-refractivity contribution in [1.82, 2.24) is 8.61 Å². The van der Waals surface area contributed by atoms with E-state index < -0.39 is 0 Å². The average Bonchev–Trinajstić information content (AvgIpc) is 2.74. The number of piperidine rings is 2. The fourth-order valence-corrected chi connectivity index (χ4v) is 8.74. The van der Waals surface area contributed by atoms with Crippen molar-refractivity contribution in [2.75, 3.05) is 6.54 Å². The minimum atomic E-state index is 0.0798. The van der Waals surface area contributed by atoms with Gasteiger partial charge in [-0.15, -0.1) is 0 Å². The molecule has 3 nitrogen and oxygen atoms in total. The van der Waals surface area contributed by atoms with E-state index in [2.05, 4.69) is 122 Å². The summed E-state index contributed by atoms with van der Waals surface area (Å²) in [5.74, 6) is 0.484. The van der Waals surface area contributed by atoms with E-state index in [-0.39, 0.29) is 18.0 Å². The van der Waals surface area contributed by atoms with E-state index >= 15 is 0 Å². The third kappa shape index (κ3) is 4.47. The summed E-state index contributed by atoms with van der Waals surface area (Å²) in [7, 11) is 3.49. The molecule has 0 saturated carbocycles. The molecule has 0 aromatic heterocycles. The zero-order valence-electron chi connectivity index (χ0n) is 14.9. The molecular formula is C20H19BrI2N2OS2. The quantitative estimate of drug-likeness (QED) is 0.248. The second-order valence-electron chi connectivity index (χ2n) is 7.17. The van der Waals surface area contributed by atoms with Gasteiger partial charge < -0.3 is 0 Å². The van der Waals surface area contributed by atoms with Crippen molar-refractivity contribution in [3.63, 3.8) is 0 Å². The van der Waals surface area contributed by atoms with Gasteiger partial charge in [0.1, 0.15) is 5.78 Å². The summed E-state index contributed by atoms with van der Waals surface area (Å²) in [5.41, 5.74) is 2.56. The number of hydrogen-bond acceptors (Lipinski definition) is 5. The number of halogens is 3. The Morgan fingerprint density at radius 1 is 0.929 bits per heavy atom.